The maximum Gasteiger partial charge on any atom is 0.274 e. The summed E-state index contributed by atoms with van der Waals surface area (Å²) in [4.78, 5) is 27.3. The molecule has 3 aliphatic rings. The Labute approximate surface area is 175 Å². The Morgan fingerprint density at radius 3 is 2.87 bits per heavy atom. The quantitative estimate of drug-likeness (QED) is 0.784. The van der Waals surface area contributed by atoms with E-state index in [1.54, 1.807) is 4.90 Å². The number of nitrogens with zero attached hydrogens (tertiary/aromatic N) is 3. The molecule has 8 heteroatoms. The van der Waals surface area contributed by atoms with Crippen molar-refractivity contribution in [1.29, 1.82) is 0 Å². The van der Waals surface area contributed by atoms with Gasteiger partial charge in [0, 0.05) is 42.8 Å². The lowest BCUT2D eigenvalue weighted by molar-refractivity contribution is -0.127. The summed E-state index contributed by atoms with van der Waals surface area (Å²) in [7, 11) is 0. The number of nitrogens with one attached hydrogen (secondary N) is 1. The molecule has 2 aliphatic carbocycles. The smallest absolute Gasteiger partial charge is 0.274 e. The number of hydrogen-bond donors (Lipinski definition) is 2. The van der Waals surface area contributed by atoms with E-state index in [0.29, 0.717) is 43.3 Å². The van der Waals surface area contributed by atoms with E-state index in [1.807, 2.05) is 6.07 Å². The first-order valence-corrected chi connectivity index (χ1v) is 11.2. The van der Waals surface area contributed by atoms with Crippen molar-refractivity contribution in [2.45, 2.75) is 70.1 Å². The molecule has 5 rings (SSSR count). The molecular formula is C22H29N5O3. The zero-order valence-corrected chi connectivity index (χ0v) is 17.3. The van der Waals surface area contributed by atoms with Gasteiger partial charge in [0.25, 0.3) is 5.91 Å². The Hall–Kier alpha value is -2.64. The molecule has 2 aromatic heterocycles. The van der Waals surface area contributed by atoms with Crippen LogP contribution in [-0.4, -0.2) is 45.2 Å². The highest BCUT2D eigenvalue weighted by atomic mass is 16.5. The number of nitrogens with two attached hydrogens (primary N) is 1. The molecule has 1 atom stereocenters. The standard InChI is InChI=1S/C22H29N5O3/c23-21(29)22(12-15-11-18(26-30-15)14-5-2-1-3-6-14)9-10-27(13-22)20(28)19-16-7-4-8-17(16)24-25-19/h11,14H,1-10,12-13H2,(H2,23,29)(H,24,25)/t22-/m1/s1. The molecule has 1 saturated carbocycles. The van der Waals surface area contributed by atoms with Crippen molar-refractivity contribution in [1.82, 2.24) is 20.3 Å². The van der Waals surface area contributed by atoms with Crippen LogP contribution in [0.15, 0.2) is 10.6 Å². The van der Waals surface area contributed by atoms with E-state index in [9.17, 15) is 9.59 Å². The summed E-state index contributed by atoms with van der Waals surface area (Å²) in [6.45, 7) is 0.787. The summed E-state index contributed by atoms with van der Waals surface area (Å²) in [6, 6.07) is 1.99. The fourth-order valence-corrected chi connectivity index (χ4v) is 5.46. The number of primary amides is 1. The molecule has 2 aromatic rings. The van der Waals surface area contributed by atoms with Crippen LogP contribution in [0.1, 0.15) is 84.1 Å². The van der Waals surface area contributed by atoms with Crippen LogP contribution in [0.4, 0.5) is 0 Å². The molecule has 8 nitrogen and oxygen atoms in total. The highest BCUT2D eigenvalue weighted by Crippen LogP contribution is 2.37. The summed E-state index contributed by atoms with van der Waals surface area (Å²) >= 11 is 0. The van der Waals surface area contributed by atoms with E-state index in [2.05, 4.69) is 15.4 Å². The Morgan fingerprint density at radius 2 is 2.07 bits per heavy atom. The summed E-state index contributed by atoms with van der Waals surface area (Å²) in [5.41, 5.74) is 8.61. The molecule has 0 aromatic carbocycles. The molecule has 3 N–H and O–H groups in total. The van der Waals surface area contributed by atoms with Gasteiger partial charge in [-0.25, -0.2) is 0 Å². The van der Waals surface area contributed by atoms with Crippen LogP contribution in [0.25, 0.3) is 0 Å². The number of likely N-dealkylation sites (tertiary alicyclic amines) is 1. The first kappa shape index (κ1) is 19.3. The van der Waals surface area contributed by atoms with Gasteiger partial charge in [-0.1, -0.05) is 24.4 Å². The number of aromatic nitrogens is 3. The molecule has 30 heavy (non-hydrogen) atoms. The second-order valence-electron chi connectivity index (χ2n) is 9.23. The SMILES string of the molecule is NC(=O)[C@@]1(Cc2cc(C3CCCCC3)no2)CCN(C(=O)c2n[nH]c3c2CCC3)C1. The van der Waals surface area contributed by atoms with Crippen molar-refractivity contribution in [3.8, 4) is 0 Å². The number of aryl methyl sites for hydroxylation is 1. The normalized spacial score (nSPS) is 24.3. The Balaban J connectivity index is 1.31. The number of carbonyl (C=O) groups excluding carboxylic acids is 2. The predicted molar refractivity (Wildman–Crippen MR) is 109 cm³/mol. The van der Waals surface area contributed by atoms with Crippen molar-refractivity contribution < 1.29 is 14.1 Å². The van der Waals surface area contributed by atoms with Crippen molar-refractivity contribution in [2.75, 3.05) is 13.1 Å². The lowest BCUT2D eigenvalue weighted by atomic mass is 9.81. The number of amides is 2. The van der Waals surface area contributed by atoms with Crippen LogP contribution >= 0.6 is 0 Å². The minimum Gasteiger partial charge on any atom is -0.369 e. The highest BCUT2D eigenvalue weighted by molar-refractivity contribution is 5.95. The average molecular weight is 412 g/mol. The molecular weight excluding hydrogens is 382 g/mol. The van der Waals surface area contributed by atoms with E-state index in [0.717, 1.165) is 49.1 Å². The zero-order chi connectivity index (χ0) is 20.7. The van der Waals surface area contributed by atoms with E-state index in [-0.39, 0.29) is 11.8 Å². The Bertz CT molecular complexity index is 958. The number of rotatable bonds is 5. The molecule has 0 radical (unpaired) electrons. The topological polar surface area (TPSA) is 118 Å². The van der Waals surface area contributed by atoms with Crippen LogP contribution in [0, 0.1) is 5.41 Å². The Kier molecular flexibility index (Phi) is 4.87. The van der Waals surface area contributed by atoms with Crippen LogP contribution in [0.5, 0.6) is 0 Å². The largest absolute Gasteiger partial charge is 0.369 e. The van der Waals surface area contributed by atoms with Gasteiger partial charge in [0.05, 0.1) is 11.1 Å². The molecule has 160 valence electrons. The molecule has 3 heterocycles. The number of hydrogen-bond acceptors (Lipinski definition) is 5. The first-order valence-electron chi connectivity index (χ1n) is 11.2. The van der Waals surface area contributed by atoms with Gasteiger partial charge in [-0.2, -0.15) is 5.10 Å². The van der Waals surface area contributed by atoms with Crippen LogP contribution in [0.2, 0.25) is 0 Å². The van der Waals surface area contributed by atoms with Crippen molar-refractivity contribution >= 4 is 11.8 Å². The van der Waals surface area contributed by atoms with Crippen LogP contribution in [-0.2, 0) is 24.1 Å². The van der Waals surface area contributed by atoms with E-state index in [4.69, 9.17) is 10.3 Å². The van der Waals surface area contributed by atoms with E-state index >= 15 is 0 Å². The van der Waals surface area contributed by atoms with Crippen LogP contribution < -0.4 is 5.73 Å². The predicted octanol–water partition coefficient (Wildman–Crippen LogP) is 2.49. The fourth-order valence-electron chi connectivity index (χ4n) is 5.46. The highest BCUT2D eigenvalue weighted by Gasteiger charge is 2.46. The number of aromatic amines is 1. The maximum absolute atomic E-state index is 13.1. The third-order valence-electron chi connectivity index (χ3n) is 7.29. The summed E-state index contributed by atoms with van der Waals surface area (Å²) in [6.07, 6.45) is 9.80. The van der Waals surface area contributed by atoms with Crippen molar-refractivity contribution in [3.63, 3.8) is 0 Å². The van der Waals surface area contributed by atoms with Gasteiger partial charge in [-0.3, -0.25) is 14.7 Å². The molecule has 1 aliphatic heterocycles. The van der Waals surface area contributed by atoms with Gasteiger partial charge < -0.3 is 15.2 Å². The first-order chi connectivity index (χ1) is 14.6. The second kappa shape index (κ2) is 7.56. The minimum absolute atomic E-state index is 0.113. The maximum atomic E-state index is 13.1. The monoisotopic (exact) mass is 411 g/mol. The molecule has 0 spiro atoms. The van der Waals surface area contributed by atoms with Gasteiger partial charge in [-0.05, 0) is 38.5 Å². The zero-order valence-electron chi connectivity index (χ0n) is 17.3. The summed E-state index contributed by atoms with van der Waals surface area (Å²) in [5, 5.41) is 11.5. The third kappa shape index (κ3) is 3.32. The summed E-state index contributed by atoms with van der Waals surface area (Å²) in [5.74, 6) is 0.632. The molecule has 0 bridgehead atoms. The van der Waals surface area contributed by atoms with Gasteiger partial charge in [0.15, 0.2) is 5.69 Å². The molecule has 0 unspecified atom stereocenters. The lowest BCUT2D eigenvalue weighted by Crippen LogP contribution is -2.42. The van der Waals surface area contributed by atoms with Crippen molar-refractivity contribution in [3.05, 3.63) is 34.5 Å². The van der Waals surface area contributed by atoms with E-state index in [1.165, 1.54) is 19.3 Å². The van der Waals surface area contributed by atoms with E-state index < -0.39 is 5.41 Å². The Morgan fingerprint density at radius 1 is 1.23 bits per heavy atom. The molecule has 2 amide bonds. The van der Waals surface area contributed by atoms with Gasteiger partial charge in [-0.15, -0.1) is 0 Å². The minimum atomic E-state index is -0.821. The lowest BCUT2D eigenvalue weighted by Gasteiger charge is -2.24. The van der Waals surface area contributed by atoms with Gasteiger partial charge in [0.1, 0.15) is 5.76 Å². The molecule has 2 fully saturated rings. The number of fused-ring (bicyclic) bond motifs is 1. The van der Waals surface area contributed by atoms with Gasteiger partial charge in [0.2, 0.25) is 5.91 Å². The summed E-state index contributed by atoms with van der Waals surface area (Å²) < 4.78 is 5.60. The second-order valence-corrected chi connectivity index (χ2v) is 9.23. The average Bonchev–Trinajstić information content (AvgIpc) is 3.53. The molecule has 1 saturated heterocycles. The van der Waals surface area contributed by atoms with Crippen molar-refractivity contribution in [2.24, 2.45) is 11.1 Å². The fraction of sp³-hybridized carbons (Fsp3) is 0.636. The van der Waals surface area contributed by atoms with Crippen LogP contribution in [0.3, 0.4) is 0 Å². The number of carbonyl (C=O) groups is 2. The third-order valence-corrected chi connectivity index (χ3v) is 7.29. The number of H-pyrrole nitrogens is 1. The van der Waals surface area contributed by atoms with Gasteiger partial charge >= 0.3 is 0 Å².